The minimum absolute atomic E-state index is 0.363. The lowest BCUT2D eigenvalue weighted by Gasteiger charge is -2.23. The van der Waals surface area contributed by atoms with Crippen LogP contribution in [0.4, 0.5) is 0 Å². The molecule has 23 heavy (non-hydrogen) atoms. The van der Waals surface area contributed by atoms with Crippen molar-refractivity contribution in [2.24, 2.45) is 0 Å². The highest BCUT2D eigenvalue weighted by Gasteiger charge is 2.21. The molecule has 118 valence electrons. The van der Waals surface area contributed by atoms with Crippen molar-refractivity contribution < 1.29 is 14.3 Å². The number of aromatic nitrogens is 1. The Bertz CT molecular complexity index is 794. The molecule has 0 amide bonds. The highest BCUT2D eigenvalue weighted by Crippen LogP contribution is 2.35. The number of oxazole rings is 1. The summed E-state index contributed by atoms with van der Waals surface area (Å²) in [6.07, 6.45) is 4.02. The summed E-state index contributed by atoms with van der Waals surface area (Å²) in [5, 5.41) is 12.1. The summed E-state index contributed by atoms with van der Waals surface area (Å²) in [7, 11) is 0. The summed E-state index contributed by atoms with van der Waals surface area (Å²) in [6.45, 7) is 0.363. The molecule has 0 saturated heterocycles. The van der Waals surface area contributed by atoms with Gasteiger partial charge in [0.05, 0.1) is 11.0 Å². The van der Waals surface area contributed by atoms with E-state index in [-0.39, 0.29) is 6.10 Å². The normalized spacial score (nSPS) is 17.0. The number of hydrogen-bond acceptors (Lipinski definition) is 5. The predicted molar refractivity (Wildman–Crippen MR) is 88.5 cm³/mol. The van der Waals surface area contributed by atoms with Crippen LogP contribution in [0.15, 0.2) is 46.4 Å². The van der Waals surface area contributed by atoms with Crippen molar-refractivity contribution in [1.29, 1.82) is 0 Å². The van der Waals surface area contributed by atoms with Gasteiger partial charge in [-0.3, -0.25) is 0 Å². The fourth-order valence-electron chi connectivity index (χ4n) is 2.96. The van der Waals surface area contributed by atoms with Crippen LogP contribution >= 0.6 is 11.3 Å². The first-order chi connectivity index (χ1) is 11.3. The first-order valence-corrected chi connectivity index (χ1v) is 8.60. The molecule has 1 aromatic carbocycles. The van der Waals surface area contributed by atoms with Crippen LogP contribution in [-0.2, 0) is 13.0 Å². The first kappa shape index (κ1) is 14.5. The summed E-state index contributed by atoms with van der Waals surface area (Å²) in [5.41, 5.74) is 2.88. The Kier molecular flexibility index (Phi) is 3.89. The molecule has 2 heterocycles. The Morgan fingerprint density at radius 1 is 1.30 bits per heavy atom. The van der Waals surface area contributed by atoms with Gasteiger partial charge in [0.1, 0.15) is 24.3 Å². The summed E-state index contributed by atoms with van der Waals surface area (Å²) < 4.78 is 11.4. The standard InChI is InChI=1S/C18H17NO3S/c20-15-6-1-5-14-13(15)4-2-7-16(14)21-10-12-11-22-18(19-12)17-8-3-9-23-17/h2-4,7-9,11,15,20H,1,5-6,10H2/t15-/m1/s1. The van der Waals surface area contributed by atoms with Gasteiger partial charge < -0.3 is 14.3 Å². The van der Waals surface area contributed by atoms with Crippen LogP contribution in [0.2, 0.25) is 0 Å². The van der Waals surface area contributed by atoms with Crippen molar-refractivity contribution in [3.63, 3.8) is 0 Å². The van der Waals surface area contributed by atoms with E-state index in [1.54, 1.807) is 17.6 Å². The van der Waals surface area contributed by atoms with Crippen LogP contribution in [0, 0.1) is 0 Å². The lowest BCUT2D eigenvalue weighted by molar-refractivity contribution is 0.155. The van der Waals surface area contributed by atoms with Crippen LogP contribution in [0.25, 0.3) is 10.8 Å². The average Bonchev–Trinajstić information content (AvgIpc) is 3.25. The van der Waals surface area contributed by atoms with Crippen molar-refractivity contribution in [2.75, 3.05) is 0 Å². The molecule has 0 fully saturated rings. The molecule has 0 aliphatic heterocycles. The first-order valence-electron chi connectivity index (χ1n) is 7.72. The second-order valence-electron chi connectivity index (χ2n) is 5.64. The van der Waals surface area contributed by atoms with Crippen LogP contribution < -0.4 is 4.74 Å². The molecule has 0 unspecified atom stereocenters. The van der Waals surface area contributed by atoms with E-state index in [9.17, 15) is 5.11 Å². The molecule has 1 atom stereocenters. The number of aliphatic hydroxyl groups is 1. The molecule has 0 saturated carbocycles. The maximum Gasteiger partial charge on any atom is 0.236 e. The maximum atomic E-state index is 10.1. The second-order valence-corrected chi connectivity index (χ2v) is 6.59. The van der Waals surface area contributed by atoms with E-state index in [0.717, 1.165) is 46.7 Å². The Morgan fingerprint density at radius 3 is 3.13 bits per heavy atom. The second kappa shape index (κ2) is 6.18. The van der Waals surface area contributed by atoms with E-state index < -0.39 is 0 Å². The van der Waals surface area contributed by atoms with Gasteiger partial charge in [0, 0.05) is 0 Å². The van der Waals surface area contributed by atoms with Crippen LogP contribution in [0.5, 0.6) is 5.75 Å². The third-order valence-corrected chi connectivity index (χ3v) is 4.95. The zero-order valence-corrected chi connectivity index (χ0v) is 13.4. The number of fused-ring (bicyclic) bond motifs is 1. The SMILES string of the molecule is O[C@@H]1CCCc2c(OCc3coc(-c4cccs4)n3)cccc21. The number of rotatable bonds is 4. The Balaban J connectivity index is 1.51. The van der Waals surface area contributed by atoms with E-state index in [4.69, 9.17) is 9.15 Å². The summed E-state index contributed by atoms with van der Waals surface area (Å²) in [4.78, 5) is 5.47. The smallest absolute Gasteiger partial charge is 0.236 e. The number of thiophene rings is 1. The van der Waals surface area contributed by atoms with Gasteiger partial charge >= 0.3 is 0 Å². The third-order valence-electron chi connectivity index (χ3n) is 4.09. The number of nitrogens with zero attached hydrogens (tertiary/aromatic N) is 1. The lowest BCUT2D eigenvalue weighted by atomic mass is 9.89. The zero-order chi connectivity index (χ0) is 15.6. The van der Waals surface area contributed by atoms with Gasteiger partial charge in [-0.15, -0.1) is 11.3 Å². The van der Waals surface area contributed by atoms with E-state index >= 15 is 0 Å². The van der Waals surface area contributed by atoms with Gasteiger partial charge in [-0.25, -0.2) is 4.98 Å². The Hall–Kier alpha value is -2.11. The van der Waals surface area contributed by atoms with Gasteiger partial charge in [0.25, 0.3) is 0 Å². The number of benzene rings is 1. The van der Waals surface area contributed by atoms with Crippen molar-refractivity contribution in [2.45, 2.75) is 32.0 Å². The summed E-state index contributed by atoms with van der Waals surface area (Å²) >= 11 is 1.60. The fourth-order valence-corrected chi connectivity index (χ4v) is 3.62. The molecule has 3 aromatic rings. The molecule has 5 heteroatoms. The molecular weight excluding hydrogens is 310 g/mol. The number of hydrogen-bond donors (Lipinski definition) is 1. The molecule has 1 N–H and O–H groups in total. The zero-order valence-electron chi connectivity index (χ0n) is 12.6. The minimum Gasteiger partial charge on any atom is -0.487 e. The van der Waals surface area contributed by atoms with Crippen molar-refractivity contribution in [3.05, 3.63) is 58.8 Å². The van der Waals surface area contributed by atoms with Gasteiger partial charge in [0.15, 0.2) is 0 Å². The molecule has 1 aliphatic rings. The maximum absolute atomic E-state index is 10.1. The van der Waals surface area contributed by atoms with E-state index in [1.165, 1.54) is 0 Å². The highest BCUT2D eigenvalue weighted by molar-refractivity contribution is 7.13. The van der Waals surface area contributed by atoms with Gasteiger partial charge in [-0.2, -0.15) is 0 Å². The van der Waals surface area contributed by atoms with Gasteiger partial charge in [-0.1, -0.05) is 18.2 Å². The van der Waals surface area contributed by atoms with E-state index in [0.29, 0.717) is 12.5 Å². The number of aliphatic hydroxyl groups excluding tert-OH is 1. The molecule has 1 aliphatic carbocycles. The van der Waals surface area contributed by atoms with Gasteiger partial charge in [-0.05, 0) is 47.9 Å². The van der Waals surface area contributed by atoms with Crippen LogP contribution in [0.1, 0.15) is 35.8 Å². The molecule has 0 spiro atoms. The quantitative estimate of drug-likeness (QED) is 0.774. The topological polar surface area (TPSA) is 55.5 Å². The summed E-state index contributed by atoms with van der Waals surface area (Å²) in [5.74, 6) is 1.46. The number of ether oxygens (including phenoxy) is 1. The third kappa shape index (κ3) is 2.90. The lowest BCUT2D eigenvalue weighted by Crippen LogP contribution is -2.11. The van der Waals surface area contributed by atoms with Crippen molar-refractivity contribution >= 4 is 11.3 Å². The van der Waals surface area contributed by atoms with Crippen LogP contribution in [-0.4, -0.2) is 10.1 Å². The molecule has 0 bridgehead atoms. The molecule has 4 nitrogen and oxygen atoms in total. The molecule has 2 aromatic heterocycles. The Morgan fingerprint density at radius 2 is 2.26 bits per heavy atom. The highest BCUT2D eigenvalue weighted by atomic mass is 32.1. The largest absolute Gasteiger partial charge is 0.487 e. The monoisotopic (exact) mass is 327 g/mol. The predicted octanol–water partition coefficient (Wildman–Crippen LogP) is 4.35. The Labute approximate surface area is 138 Å². The minimum atomic E-state index is -0.375. The van der Waals surface area contributed by atoms with E-state index in [2.05, 4.69) is 4.98 Å². The molecule has 4 rings (SSSR count). The van der Waals surface area contributed by atoms with Crippen molar-refractivity contribution in [3.8, 4) is 16.5 Å². The van der Waals surface area contributed by atoms with Crippen molar-refractivity contribution in [1.82, 2.24) is 4.98 Å². The molecule has 0 radical (unpaired) electrons. The fraction of sp³-hybridized carbons (Fsp3) is 0.278. The van der Waals surface area contributed by atoms with Gasteiger partial charge in [0.2, 0.25) is 5.89 Å². The van der Waals surface area contributed by atoms with Crippen LogP contribution in [0.3, 0.4) is 0 Å². The summed E-state index contributed by atoms with van der Waals surface area (Å²) in [6, 6.07) is 9.83. The van der Waals surface area contributed by atoms with E-state index in [1.807, 2.05) is 35.7 Å². The average molecular weight is 327 g/mol. The molecular formula is C18H17NO3S.